The van der Waals surface area contributed by atoms with Crippen LogP contribution in [-0.2, 0) is 14.3 Å². The zero-order valence-electron chi connectivity index (χ0n) is 22.5. The Hall–Kier alpha value is -3.60. The first-order chi connectivity index (χ1) is 18.9. The molecule has 1 aliphatic carbocycles. The number of amides is 1. The van der Waals surface area contributed by atoms with Crippen molar-refractivity contribution in [2.45, 2.75) is 64.1 Å². The molecule has 1 atom stereocenters. The van der Waals surface area contributed by atoms with Gasteiger partial charge in [-0.15, -0.1) is 0 Å². The first-order valence-electron chi connectivity index (χ1n) is 12.8. The van der Waals surface area contributed by atoms with E-state index in [0.29, 0.717) is 43.0 Å². The van der Waals surface area contributed by atoms with Crippen LogP contribution in [-0.4, -0.2) is 41.6 Å². The number of benzene rings is 1. The van der Waals surface area contributed by atoms with E-state index in [1.807, 2.05) is 0 Å². The predicted molar refractivity (Wildman–Crippen MR) is 142 cm³/mol. The van der Waals surface area contributed by atoms with Crippen molar-refractivity contribution in [3.63, 3.8) is 0 Å². The minimum atomic E-state index is -1.09. The second kappa shape index (κ2) is 11.9. The van der Waals surface area contributed by atoms with E-state index in [1.54, 1.807) is 20.8 Å². The van der Waals surface area contributed by atoms with Crippen molar-refractivity contribution in [3.05, 3.63) is 75.5 Å². The Bertz CT molecular complexity index is 1370. The maximum atomic E-state index is 14.8. The molecule has 12 heteroatoms. The first kappa shape index (κ1) is 29.4. The number of allylic oxidation sites excluding steroid dienone is 1. The largest absolute Gasteiger partial charge is 0.466 e. The third kappa shape index (κ3) is 6.75. The van der Waals surface area contributed by atoms with Crippen LogP contribution in [0.5, 0.6) is 0 Å². The van der Waals surface area contributed by atoms with Gasteiger partial charge in [-0.25, -0.2) is 27.7 Å². The number of amidine groups is 1. The number of ether oxygens (including phenoxy) is 2. The summed E-state index contributed by atoms with van der Waals surface area (Å²) in [5.74, 6) is -3.39. The summed E-state index contributed by atoms with van der Waals surface area (Å²) in [4.78, 5) is 33.8. The van der Waals surface area contributed by atoms with E-state index in [4.69, 9.17) is 21.1 Å². The predicted octanol–water partition coefficient (Wildman–Crippen LogP) is 5.75. The molecule has 2 N–H and O–H groups in total. The summed E-state index contributed by atoms with van der Waals surface area (Å²) in [6, 6.07) is 3.11. The summed E-state index contributed by atoms with van der Waals surface area (Å²) in [5.41, 5.74) is -0.0489. The van der Waals surface area contributed by atoms with Crippen LogP contribution >= 0.6 is 11.6 Å². The minimum Gasteiger partial charge on any atom is -0.466 e. The molecule has 0 saturated heterocycles. The van der Waals surface area contributed by atoms with Gasteiger partial charge in [-0.2, -0.15) is 0 Å². The normalized spacial score (nSPS) is 21.3. The van der Waals surface area contributed by atoms with Gasteiger partial charge in [0.2, 0.25) is 0 Å². The fraction of sp³-hybridized carbons (Fsp3) is 0.429. The highest BCUT2D eigenvalue weighted by Gasteiger charge is 2.38. The number of halogens is 4. The molecule has 1 aliphatic heterocycles. The highest BCUT2D eigenvalue weighted by molar-refractivity contribution is 6.31. The Labute approximate surface area is 235 Å². The SMILES string of the molecule is COC(=O)C1=C([C@H]2CC[C@H](NC(=O)OC(C)(C)C)CC2)NC(c2ncc(F)cc2F)=NC1c1ccc(F)cc1Cl. The van der Waals surface area contributed by atoms with Gasteiger partial charge in [0.1, 0.15) is 29.0 Å². The molecule has 1 amide bonds. The molecule has 2 aromatic rings. The maximum Gasteiger partial charge on any atom is 0.407 e. The number of nitrogens with zero attached hydrogens (tertiary/aromatic N) is 2. The molecule has 1 saturated carbocycles. The highest BCUT2D eigenvalue weighted by Crippen LogP contribution is 2.41. The molecule has 4 rings (SSSR count). The van der Waals surface area contributed by atoms with Gasteiger partial charge in [-0.1, -0.05) is 17.7 Å². The topological polar surface area (TPSA) is 102 Å². The molecule has 214 valence electrons. The van der Waals surface area contributed by atoms with Crippen LogP contribution in [0.1, 0.15) is 63.8 Å². The number of alkyl carbamates (subject to hydrolysis) is 1. The number of hydrogen-bond donors (Lipinski definition) is 2. The standard InChI is InChI=1S/C28H30ClF3N4O4/c1-28(2,3)40-27(38)34-17-8-5-14(6-9-17)22-21(26(37)39-4)23(18-10-7-15(30)11-19(18)29)36-25(35-22)24-20(32)12-16(31)13-33-24/h7,10-14,17,23H,5-6,8-9H2,1-4H3,(H,34,38)(H,35,36)/t14-,17-,23?. The monoisotopic (exact) mass is 578 g/mol. The van der Waals surface area contributed by atoms with Gasteiger partial charge in [0.25, 0.3) is 0 Å². The van der Waals surface area contributed by atoms with Crippen LogP contribution in [0.25, 0.3) is 0 Å². The fourth-order valence-electron chi connectivity index (χ4n) is 4.88. The number of pyridine rings is 1. The second-order valence-corrected chi connectivity index (χ2v) is 11.1. The second-order valence-electron chi connectivity index (χ2n) is 10.7. The molecular weight excluding hydrogens is 549 g/mol. The summed E-state index contributed by atoms with van der Waals surface area (Å²) in [7, 11) is 1.22. The Morgan fingerprint density at radius 1 is 1.07 bits per heavy atom. The van der Waals surface area contributed by atoms with Gasteiger partial charge in [-0.05, 0) is 64.5 Å². The third-order valence-electron chi connectivity index (χ3n) is 6.63. The van der Waals surface area contributed by atoms with Gasteiger partial charge in [0.15, 0.2) is 11.7 Å². The smallest absolute Gasteiger partial charge is 0.407 e. The summed E-state index contributed by atoms with van der Waals surface area (Å²) in [6.45, 7) is 5.34. The Morgan fingerprint density at radius 3 is 2.38 bits per heavy atom. The number of nitrogens with one attached hydrogen (secondary N) is 2. The number of aromatic nitrogens is 1. The van der Waals surface area contributed by atoms with Crippen molar-refractivity contribution in [2.24, 2.45) is 10.9 Å². The minimum absolute atomic E-state index is 0.00793. The number of rotatable bonds is 5. The van der Waals surface area contributed by atoms with Crippen molar-refractivity contribution in [3.8, 4) is 0 Å². The molecular formula is C28H30ClF3N4O4. The number of carbonyl (C=O) groups excluding carboxylic acids is 2. The molecule has 1 aromatic carbocycles. The van der Waals surface area contributed by atoms with Crippen LogP contribution in [0.3, 0.4) is 0 Å². The van der Waals surface area contributed by atoms with E-state index >= 15 is 0 Å². The Kier molecular flexibility index (Phi) is 8.72. The Balaban J connectivity index is 1.71. The quantitative estimate of drug-likeness (QED) is 0.438. The van der Waals surface area contributed by atoms with Crippen LogP contribution in [0.2, 0.25) is 5.02 Å². The van der Waals surface area contributed by atoms with Gasteiger partial charge in [0, 0.05) is 28.4 Å². The van der Waals surface area contributed by atoms with E-state index in [9.17, 15) is 22.8 Å². The molecule has 8 nitrogen and oxygen atoms in total. The summed E-state index contributed by atoms with van der Waals surface area (Å²) < 4.78 is 52.8. The molecule has 2 heterocycles. The van der Waals surface area contributed by atoms with Crippen LogP contribution in [0, 0.1) is 23.4 Å². The van der Waals surface area contributed by atoms with Crippen molar-refractivity contribution < 1.29 is 32.2 Å². The average molecular weight is 579 g/mol. The molecule has 0 spiro atoms. The van der Waals surface area contributed by atoms with Gasteiger partial charge >= 0.3 is 12.1 Å². The van der Waals surface area contributed by atoms with Crippen LogP contribution < -0.4 is 10.6 Å². The summed E-state index contributed by atoms with van der Waals surface area (Å²) in [5, 5.41) is 5.94. The fourth-order valence-corrected chi connectivity index (χ4v) is 5.15. The first-order valence-corrected chi connectivity index (χ1v) is 13.2. The van der Waals surface area contributed by atoms with E-state index in [0.717, 1.165) is 12.3 Å². The molecule has 2 aliphatic rings. The van der Waals surface area contributed by atoms with Gasteiger partial charge in [0.05, 0.1) is 18.9 Å². The number of aliphatic imine (C=N–C) groups is 1. The van der Waals surface area contributed by atoms with Crippen LogP contribution in [0.15, 0.2) is 46.7 Å². The average Bonchev–Trinajstić information content (AvgIpc) is 2.87. The zero-order valence-corrected chi connectivity index (χ0v) is 23.2. The number of carbonyl (C=O) groups is 2. The van der Waals surface area contributed by atoms with E-state index in [-0.39, 0.29) is 34.1 Å². The van der Waals surface area contributed by atoms with Crippen molar-refractivity contribution in [2.75, 3.05) is 7.11 Å². The van der Waals surface area contributed by atoms with Gasteiger partial charge < -0.3 is 20.1 Å². The molecule has 40 heavy (non-hydrogen) atoms. The van der Waals surface area contributed by atoms with Crippen molar-refractivity contribution in [1.82, 2.24) is 15.6 Å². The van der Waals surface area contributed by atoms with E-state index < -0.39 is 41.2 Å². The number of methoxy groups -OCH3 is 1. The van der Waals surface area contributed by atoms with Crippen molar-refractivity contribution in [1.29, 1.82) is 0 Å². The third-order valence-corrected chi connectivity index (χ3v) is 6.95. The van der Waals surface area contributed by atoms with Crippen molar-refractivity contribution >= 4 is 29.5 Å². The molecule has 1 aromatic heterocycles. The lowest BCUT2D eigenvalue weighted by atomic mass is 9.80. The summed E-state index contributed by atoms with van der Waals surface area (Å²) >= 11 is 6.37. The lowest BCUT2D eigenvalue weighted by Crippen LogP contribution is -2.43. The number of hydrogen-bond acceptors (Lipinski definition) is 7. The summed E-state index contributed by atoms with van der Waals surface area (Å²) in [6.07, 6.45) is 2.57. The molecule has 1 fully saturated rings. The molecule has 1 unspecified atom stereocenters. The Morgan fingerprint density at radius 2 is 1.77 bits per heavy atom. The van der Waals surface area contributed by atoms with E-state index in [2.05, 4.69) is 20.6 Å². The number of esters is 1. The molecule has 0 bridgehead atoms. The maximum absolute atomic E-state index is 14.8. The lowest BCUT2D eigenvalue weighted by Gasteiger charge is -2.35. The van der Waals surface area contributed by atoms with Crippen LogP contribution in [0.4, 0.5) is 18.0 Å². The lowest BCUT2D eigenvalue weighted by molar-refractivity contribution is -0.136. The van der Waals surface area contributed by atoms with Gasteiger partial charge in [-0.3, -0.25) is 4.99 Å². The molecule has 0 radical (unpaired) electrons. The van der Waals surface area contributed by atoms with E-state index in [1.165, 1.54) is 19.2 Å². The zero-order chi connectivity index (χ0) is 29.2. The highest BCUT2D eigenvalue weighted by atomic mass is 35.5.